The molecule has 7 rings (SSSR count). The molecule has 4 aromatic rings. The fourth-order valence-electron chi connectivity index (χ4n) is 7.57. The normalized spacial score (nSPS) is 19.3. The van der Waals surface area contributed by atoms with Gasteiger partial charge in [0.2, 0.25) is 5.95 Å². The molecule has 0 unspecified atom stereocenters. The Morgan fingerprint density at radius 2 is 1.91 bits per heavy atom. The Balaban J connectivity index is 1.10. The van der Waals surface area contributed by atoms with Crippen LogP contribution in [0.1, 0.15) is 58.1 Å². The fourth-order valence-corrected chi connectivity index (χ4v) is 7.84. The standard InChI is InChI=1S/C37H39ClN6O3/c1-22-24(21-47-34-13-11-27-26(29(34)18-39)10-12-32(27)44-17-14-23(19-44)36(45)46)6-4-7-25(22)28-8-5-9-30(35(28)38)40-37-41-31-20-42(2)16-15-33(31)43(37)3/h4-9,11,13,23,32H,10,12,14-17,19-21H2,1-3H3,(H,40,41)(H,45,46)/t23-,32-/m1/s1. The molecule has 10 heteroatoms. The van der Waals surface area contributed by atoms with Crippen LogP contribution in [0.2, 0.25) is 5.02 Å². The first-order chi connectivity index (χ1) is 22.7. The van der Waals surface area contributed by atoms with E-state index in [1.807, 2.05) is 43.4 Å². The first-order valence-electron chi connectivity index (χ1n) is 16.3. The van der Waals surface area contributed by atoms with Gasteiger partial charge < -0.3 is 24.6 Å². The third-order valence-corrected chi connectivity index (χ3v) is 10.7. The number of aliphatic carboxylic acids is 1. The average molecular weight is 651 g/mol. The Morgan fingerprint density at radius 3 is 2.70 bits per heavy atom. The molecule has 2 N–H and O–H groups in total. The Hall–Kier alpha value is -4.36. The fraction of sp³-hybridized carbons (Fsp3) is 0.378. The van der Waals surface area contributed by atoms with Gasteiger partial charge in [0.05, 0.1) is 27.9 Å². The topological polar surface area (TPSA) is 107 Å². The molecule has 47 heavy (non-hydrogen) atoms. The van der Waals surface area contributed by atoms with Crippen LogP contribution in [0.15, 0.2) is 48.5 Å². The minimum absolute atomic E-state index is 0.147. The quantitative estimate of drug-likeness (QED) is 0.219. The first-order valence-corrected chi connectivity index (χ1v) is 16.6. The van der Waals surface area contributed by atoms with E-state index in [1.54, 1.807) is 0 Å². The second-order valence-electron chi connectivity index (χ2n) is 13.0. The molecule has 0 amide bonds. The lowest BCUT2D eigenvalue weighted by molar-refractivity contribution is -0.141. The van der Waals surface area contributed by atoms with Crippen molar-refractivity contribution in [3.05, 3.63) is 92.8 Å². The highest BCUT2D eigenvalue weighted by molar-refractivity contribution is 6.36. The maximum Gasteiger partial charge on any atom is 0.307 e. The molecule has 3 aliphatic rings. The maximum absolute atomic E-state index is 11.5. The SMILES string of the molecule is Cc1c(COc2ccc3c(c2C#N)CC[C@H]3N2CC[C@@H](C(=O)O)C2)cccc1-c1cccc(Nc2nc3c(n2C)CCN(C)C3)c1Cl. The zero-order chi connectivity index (χ0) is 32.8. The van der Waals surface area contributed by atoms with Crippen LogP contribution in [0.4, 0.5) is 11.6 Å². The molecule has 0 saturated carbocycles. The van der Waals surface area contributed by atoms with Gasteiger partial charge in [-0.25, -0.2) is 4.98 Å². The van der Waals surface area contributed by atoms with Gasteiger partial charge in [0, 0.05) is 50.4 Å². The Morgan fingerprint density at radius 1 is 1.11 bits per heavy atom. The Kier molecular flexibility index (Phi) is 8.43. The number of hydrogen-bond acceptors (Lipinski definition) is 7. The van der Waals surface area contributed by atoms with Gasteiger partial charge in [0.15, 0.2) is 0 Å². The van der Waals surface area contributed by atoms with Gasteiger partial charge in [0.1, 0.15) is 18.4 Å². The van der Waals surface area contributed by atoms with Gasteiger partial charge in [-0.3, -0.25) is 9.69 Å². The summed E-state index contributed by atoms with van der Waals surface area (Å²) in [6, 6.07) is 18.7. The summed E-state index contributed by atoms with van der Waals surface area (Å²) in [6.45, 7) is 5.56. The molecule has 1 aliphatic carbocycles. The van der Waals surface area contributed by atoms with Crippen molar-refractivity contribution < 1.29 is 14.6 Å². The smallest absolute Gasteiger partial charge is 0.307 e. The van der Waals surface area contributed by atoms with E-state index in [1.165, 1.54) is 5.69 Å². The largest absolute Gasteiger partial charge is 0.488 e. The molecule has 9 nitrogen and oxygen atoms in total. The highest BCUT2D eigenvalue weighted by atomic mass is 35.5. The molecule has 0 radical (unpaired) electrons. The van der Waals surface area contributed by atoms with Gasteiger partial charge in [-0.15, -0.1) is 0 Å². The van der Waals surface area contributed by atoms with E-state index in [2.05, 4.69) is 51.9 Å². The lowest BCUT2D eigenvalue weighted by atomic mass is 9.96. The number of imidazole rings is 1. The number of rotatable bonds is 8. The summed E-state index contributed by atoms with van der Waals surface area (Å²) in [5.74, 6) is 0.309. The lowest BCUT2D eigenvalue weighted by Gasteiger charge is -2.25. The van der Waals surface area contributed by atoms with Crippen LogP contribution in [0.5, 0.6) is 5.75 Å². The molecule has 1 saturated heterocycles. The lowest BCUT2D eigenvalue weighted by Crippen LogP contribution is -2.27. The number of hydrogen-bond donors (Lipinski definition) is 2. The molecular formula is C37H39ClN6O3. The van der Waals surface area contributed by atoms with Crippen LogP contribution >= 0.6 is 11.6 Å². The molecule has 1 fully saturated rings. The number of halogens is 1. The second kappa shape index (κ2) is 12.7. The maximum atomic E-state index is 11.5. The number of anilines is 2. The number of nitriles is 1. The molecule has 0 spiro atoms. The van der Waals surface area contributed by atoms with Gasteiger partial charge >= 0.3 is 5.97 Å². The molecule has 2 atom stereocenters. The van der Waals surface area contributed by atoms with E-state index in [-0.39, 0.29) is 12.0 Å². The van der Waals surface area contributed by atoms with E-state index in [4.69, 9.17) is 21.3 Å². The molecule has 0 bridgehead atoms. The number of benzene rings is 3. The molecule has 2 aliphatic heterocycles. The zero-order valence-corrected chi connectivity index (χ0v) is 27.8. The number of ether oxygens (including phenoxy) is 1. The van der Waals surface area contributed by atoms with Gasteiger partial charge in [-0.1, -0.05) is 48.0 Å². The summed E-state index contributed by atoms with van der Waals surface area (Å²) in [5.41, 5.74) is 9.89. The highest BCUT2D eigenvalue weighted by Gasteiger charge is 2.37. The number of carboxylic acid groups (broad SMARTS) is 1. The van der Waals surface area contributed by atoms with Crippen molar-refractivity contribution in [3.8, 4) is 22.9 Å². The number of fused-ring (bicyclic) bond motifs is 2. The van der Waals surface area contributed by atoms with Crippen molar-refractivity contribution in [3.63, 3.8) is 0 Å². The third-order valence-electron chi connectivity index (χ3n) is 10.3. The summed E-state index contributed by atoms with van der Waals surface area (Å²) >= 11 is 7.06. The second-order valence-corrected chi connectivity index (χ2v) is 13.4. The third kappa shape index (κ3) is 5.75. The van der Waals surface area contributed by atoms with E-state index >= 15 is 0 Å². The van der Waals surface area contributed by atoms with Crippen LogP contribution in [0.25, 0.3) is 11.1 Å². The Labute approximate surface area is 280 Å². The van der Waals surface area contributed by atoms with E-state index in [9.17, 15) is 15.2 Å². The first kappa shape index (κ1) is 31.3. The predicted octanol–water partition coefficient (Wildman–Crippen LogP) is 6.62. The molecule has 3 aromatic carbocycles. The van der Waals surface area contributed by atoms with Crippen LogP contribution in [0, 0.1) is 24.2 Å². The predicted molar refractivity (Wildman–Crippen MR) is 182 cm³/mol. The summed E-state index contributed by atoms with van der Waals surface area (Å²) in [5, 5.41) is 23.8. The van der Waals surface area contributed by atoms with E-state index in [0.717, 1.165) is 89.6 Å². The molecule has 3 heterocycles. The van der Waals surface area contributed by atoms with Crippen LogP contribution in [0.3, 0.4) is 0 Å². The van der Waals surface area contributed by atoms with Crippen LogP contribution in [-0.4, -0.2) is 57.1 Å². The minimum Gasteiger partial charge on any atom is -0.488 e. The molecule has 1 aromatic heterocycles. The average Bonchev–Trinajstić information content (AvgIpc) is 3.79. The number of likely N-dealkylation sites (N-methyl/N-ethyl adjacent to an activating group) is 1. The number of likely N-dealkylation sites (tertiary alicyclic amines) is 1. The van der Waals surface area contributed by atoms with Crippen molar-refractivity contribution >= 4 is 29.2 Å². The summed E-state index contributed by atoms with van der Waals surface area (Å²) < 4.78 is 8.47. The molecule has 242 valence electrons. The summed E-state index contributed by atoms with van der Waals surface area (Å²) in [6.07, 6.45) is 3.30. The van der Waals surface area contributed by atoms with Crippen molar-refractivity contribution in [1.29, 1.82) is 5.26 Å². The van der Waals surface area contributed by atoms with Gasteiger partial charge in [-0.2, -0.15) is 5.26 Å². The van der Waals surface area contributed by atoms with E-state index < -0.39 is 5.97 Å². The van der Waals surface area contributed by atoms with Crippen molar-refractivity contribution in [1.82, 2.24) is 19.4 Å². The van der Waals surface area contributed by atoms with Crippen LogP contribution in [-0.2, 0) is 37.8 Å². The zero-order valence-electron chi connectivity index (χ0n) is 27.0. The van der Waals surface area contributed by atoms with Crippen molar-refractivity contribution in [2.24, 2.45) is 13.0 Å². The number of nitrogens with one attached hydrogen (secondary N) is 1. The minimum atomic E-state index is -0.728. The van der Waals surface area contributed by atoms with Gasteiger partial charge in [-0.05, 0) is 79.7 Å². The summed E-state index contributed by atoms with van der Waals surface area (Å²) in [7, 11) is 4.16. The number of aromatic nitrogens is 2. The van der Waals surface area contributed by atoms with Crippen LogP contribution < -0.4 is 10.1 Å². The van der Waals surface area contributed by atoms with Gasteiger partial charge in [0.25, 0.3) is 0 Å². The number of carboxylic acids is 1. The molecular weight excluding hydrogens is 612 g/mol. The highest BCUT2D eigenvalue weighted by Crippen LogP contribution is 2.43. The van der Waals surface area contributed by atoms with Crippen molar-refractivity contribution in [2.45, 2.75) is 51.8 Å². The number of nitrogens with zero attached hydrogens (tertiary/aromatic N) is 5. The van der Waals surface area contributed by atoms with E-state index in [0.29, 0.717) is 35.9 Å². The van der Waals surface area contributed by atoms with Crippen molar-refractivity contribution in [2.75, 3.05) is 32.0 Å². The number of carbonyl (C=O) groups is 1. The summed E-state index contributed by atoms with van der Waals surface area (Å²) in [4.78, 5) is 20.9. The Bertz CT molecular complexity index is 1910. The monoisotopic (exact) mass is 650 g/mol.